The van der Waals surface area contributed by atoms with E-state index in [-0.39, 0.29) is 5.91 Å². The summed E-state index contributed by atoms with van der Waals surface area (Å²) in [6.07, 6.45) is 2.68. The number of aryl methyl sites for hydroxylation is 1. The molecule has 1 amide bonds. The first-order chi connectivity index (χ1) is 12.2. The highest BCUT2D eigenvalue weighted by Crippen LogP contribution is 2.28. The zero-order valence-corrected chi connectivity index (χ0v) is 14.6. The highest BCUT2D eigenvalue weighted by Gasteiger charge is 2.07. The van der Waals surface area contributed by atoms with E-state index < -0.39 is 0 Å². The van der Waals surface area contributed by atoms with Crippen LogP contribution in [0.4, 0.5) is 5.69 Å². The standard InChI is InChI=1S/C20H23NO4/c1-4-13-25-17-9-7-16(8-10-17)21-20(22)12-6-15-5-11-18(23-2)19(14-15)24-3/h4-5,7-11,14H,1,6,12-13H2,2-3H3,(H,21,22). The van der Waals surface area contributed by atoms with Crippen molar-refractivity contribution in [2.24, 2.45) is 0 Å². The fourth-order valence-electron chi connectivity index (χ4n) is 2.31. The Hall–Kier alpha value is -2.95. The van der Waals surface area contributed by atoms with Crippen molar-refractivity contribution in [1.82, 2.24) is 0 Å². The van der Waals surface area contributed by atoms with E-state index >= 15 is 0 Å². The van der Waals surface area contributed by atoms with Crippen LogP contribution in [-0.2, 0) is 11.2 Å². The zero-order chi connectivity index (χ0) is 18.1. The maximum absolute atomic E-state index is 12.1. The largest absolute Gasteiger partial charge is 0.493 e. The zero-order valence-electron chi connectivity index (χ0n) is 14.6. The van der Waals surface area contributed by atoms with Crippen LogP contribution in [0.3, 0.4) is 0 Å². The van der Waals surface area contributed by atoms with E-state index in [0.717, 1.165) is 17.0 Å². The van der Waals surface area contributed by atoms with E-state index in [1.807, 2.05) is 42.5 Å². The molecule has 2 aromatic rings. The number of methoxy groups -OCH3 is 2. The SMILES string of the molecule is C=CCOc1ccc(NC(=O)CCc2ccc(OC)c(OC)c2)cc1. The second-order valence-electron chi connectivity index (χ2n) is 5.36. The molecule has 0 bridgehead atoms. The van der Waals surface area contributed by atoms with E-state index in [1.54, 1.807) is 20.3 Å². The highest BCUT2D eigenvalue weighted by molar-refractivity contribution is 5.90. The van der Waals surface area contributed by atoms with Crippen LogP contribution in [0.15, 0.2) is 55.1 Å². The van der Waals surface area contributed by atoms with E-state index in [9.17, 15) is 4.79 Å². The Morgan fingerprint density at radius 2 is 1.80 bits per heavy atom. The molecule has 0 spiro atoms. The van der Waals surface area contributed by atoms with Gasteiger partial charge in [0.2, 0.25) is 5.91 Å². The van der Waals surface area contributed by atoms with Crippen molar-refractivity contribution < 1.29 is 19.0 Å². The minimum absolute atomic E-state index is 0.0467. The number of carbonyl (C=O) groups is 1. The summed E-state index contributed by atoms with van der Waals surface area (Å²) in [4.78, 5) is 12.1. The van der Waals surface area contributed by atoms with Crippen LogP contribution in [0.5, 0.6) is 17.2 Å². The van der Waals surface area contributed by atoms with Gasteiger partial charge in [0.15, 0.2) is 11.5 Å². The number of amides is 1. The first-order valence-corrected chi connectivity index (χ1v) is 8.00. The van der Waals surface area contributed by atoms with Gasteiger partial charge < -0.3 is 19.5 Å². The Bertz CT molecular complexity index is 710. The van der Waals surface area contributed by atoms with Crippen LogP contribution >= 0.6 is 0 Å². The summed E-state index contributed by atoms with van der Waals surface area (Å²) in [5, 5.41) is 2.88. The van der Waals surface area contributed by atoms with Crippen molar-refractivity contribution >= 4 is 11.6 Å². The fraction of sp³-hybridized carbons (Fsp3) is 0.250. The molecule has 25 heavy (non-hydrogen) atoms. The molecular weight excluding hydrogens is 318 g/mol. The summed E-state index contributed by atoms with van der Waals surface area (Å²) < 4.78 is 15.9. The monoisotopic (exact) mass is 341 g/mol. The summed E-state index contributed by atoms with van der Waals surface area (Å²) in [6.45, 7) is 4.06. The number of ether oxygens (including phenoxy) is 3. The predicted molar refractivity (Wildman–Crippen MR) is 98.6 cm³/mol. The Morgan fingerprint density at radius 1 is 1.08 bits per heavy atom. The average Bonchev–Trinajstić information content (AvgIpc) is 2.65. The van der Waals surface area contributed by atoms with Gasteiger partial charge in [0.25, 0.3) is 0 Å². The van der Waals surface area contributed by atoms with Crippen molar-refractivity contribution in [1.29, 1.82) is 0 Å². The Morgan fingerprint density at radius 3 is 2.44 bits per heavy atom. The molecular formula is C20H23NO4. The van der Waals surface area contributed by atoms with E-state index in [0.29, 0.717) is 30.9 Å². The third-order valence-corrected chi connectivity index (χ3v) is 3.59. The van der Waals surface area contributed by atoms with Crippen LogP contribution in [0.2, 0.25) is 0 Å². The highest BCUT2D eigenvalue weighted by atomic mass is 16.5. The van der Waals surface area contributed by atoms with Crippen LogP contribution in [0, 0.1) is 0 Å². The second kappa shape index (κ2) is 9.37. The van der Waals surface area contributed by atoms with Gasteiger partial charge in [0.05, 0.1) is 14.2 Å². The summed E-state index contributed by atoms with van der Waals surface area (Å²) >= 11 is 0. The lowest BCUT2D eigenvalue weighted by molar-refractivity contribution is -0.116. The maximum Gasteiger partial charge on any atom is 0.224 e. The average molecular weight is 341 g/mol. The first kappa shape index (κ1) is 18.4. The van der Waals surface area contributed by atoms with E-state index in [1.165, 1.54) is 0 Å². The van der Waals surface area contributed by atoms with Crippen LogP contribution < -0.4 is 19.5 Å². The molecule has 0 atom stereocenters. The van der Waals surface area contributed by atoms with E-state index in [2.05, 4.69) is 11.9 Å². The molecule has 2 aromatic carbocycles. The summed E-state index contributed by atoms with van der Waals surface area (Å²) in [5.41, 5.74) is 1.75. The molecule has 132 valence electrons. The normalized spacial score (nSPS) is 10.0. The molecule has 0 radical (unpaired) electrons. The molecule has 0 aliphatic rings. The predicted octanol–water partition coefficient (Wildman–Crippen LogP) is 3.84. The number of benzene rings is 2. The minimum Gasteiger partial charge on any atom is -0.493 e. The molecule has 0 saturated carbocycles. The lowest BCUT2D eigenvalue weighted by Crippen LogP contribution is -2.12. The number of anilines is 1. The van der Waals surface area contributed by atoms with E-state index in [4.69, 9.17) is 14.2 Å². The van der Waals surface area contributed by atoms with Gasteiger partial charge in [-0.2, -0.15) is 0 Å². The van der Waals surface area contributed by atoms with Gasteiger partial charge in [-0.15, -0.1) is 0 Å². The van der Waals surface area contributed by atoms with Gasteiger partial charge in [-0.1, -0.05) is 18.7 Å². The number of carbonyl (C=O) groups excluding carboxylic acids is 1. The number of rotatable bonds is 9. The maximum atomic E-state index is 12.1. The lowest BCUT2D eigenvalue weighted by atomic mass is 10.1. The van der Waals surface area contributed by atoms with Gasteiger partial charge in [-0.25, -0.2) is 0 Å². The Balaban J connectivity index is 1.87. The smallest absolute Gasteiger partial charge is 0.224 e. The topological polar surface area (TPSA) is 56.8 Å². The molecule has 0 saturated heterocycles. The van der Waals surface area contributed by atoms with Crippen molar-refractivity contribution in [3.63, 3.8) is 0 Å². The number of nitrogens with one attached hydrogen (secondary N) is 1. The van der Waals surface area contributed by atoms with Crippen molar-refractivity contribution in [2.45, 2.75) is 12.8 Å². The van der Waals surface area contributed by atoms with Gasteiger partial charge in [-0.3, -0.25) is 4.79 Å². The Labute approximate surface area is 148 Å². The van der Waals surface area contributed by atoms with Gasteiger partial charge in [-0.05, 0) is 48.4 Å². The van der Waals surface area contributed by atoms with Crippen molar-refractivity contribution in [3.05, 3.63) is 60.7 Å². The summed E-state index contributed by atoms with van der Waals surface area (Å²) in [5.74, 6) is 2.03. The molecule has 5 heteroatoms. The summed E-state index contributed by atoms with van der Waals surface area (Å²) in [6, 6.07) is 12.9. The second-order valence-corrected chi connectivity index (χ2v) is 5.36. The molecule has 0 heterocycles. The van der Waals surface area contributed by atoms with Gasteiger partial charge >= 0.3 is 0 Å². The van der Waals surface area contributed by atoms with Crippen LogP contribution in [0.25, 0.3) is 0 Å². The lowest BCUT2D eigenvalue weighted by Gasteiger charge is -2.10. The van der Waals surface area contributed by atoms with Crippen molar-refractivity contribution in [2.75, 3.05) is 26.1 Å². The first-order valence-electron chi connectivity index (χ1n) is 8.00. The molecule has 0 aromatic heterocycles. The fourth-order valence-corrected chi connectivity index (χ4v) is 2.31. The number of hydrogen-bond acceptors (Lipinski definition) is 4. The Kier molecular flexibility index (Phi) is 6.89. The van der Waals surface area contributed by atoms with Crippen LogP contribution in [-0.4, -0.2) is 26.7 Å². The summed E-state index contributed by atoms with van der Waals surface area (Å²) in [7, 11) is 3.19. The van der Waals surface area contributed by atoms with Crippen molar-refractivity contribution in [3.8, 4) is 17.2 Å². The molecule has 0 aliphatic heterocycles. The van der Waals surface area contributed by atoms with Crippen LogP contribution in [0.1, 0.15) is 12.0 Å². The molecule has 0 fully saturated rings. The molecule has 1 N–H and O–H groups in total. The number of hydrogen-bond donors (Lipinski definition) is 1. The molecule has 5 nitrogen and oxygen atoms in total. The quantitative estimate of drug-likeness (QED) is 0.704. The molecule has 2 rings (SSSR count). The third-order valence-electron chi connectivity index (χ3n) is 3.59. The third kappa shape index (κ3) is 5.57. The van der Waals surface area contributed by atoms with Gasteiger partial charge in [0, 0.05) is 12.1 Å². The van der Waals surface area contributed by atoms with Gasteiger partial charge in [0.1, 0.15) is 12.4 Å². The molecule has 0 aliphatic carbocycles. The molecule has 0 unspecified atom stereocenters. The minimum atomic E-state index is -0.0467.